The van der Waals surface area contributed by atoms with Crippen molar-refractivity contribution >= 4 is 16.0 Å². The number of aromatic carboxylic acids is 1. The quantitative estimate of drug-likeness (QED) is 0.659. The number of hydrogen-bond acceptors (Lipinski definition) is 4. The Morgan fingerprint density at radius 3 is 2.48 bits per heavy atom. The fourth-order valence-electron chi connectivity index (χ4n) is 1.84. The van der Waals surface area contributed by atoms with Crippen LogP contribution in [0.2, 0.25) is 0 Å². The van der Waals surface area contributed by atoms with Gasteiger partial charge in [-0.05, 0) is 24.8 Å². The number of carboxylic acid groups (broad SMARTS) is 1. The highest BCUT2D eigenvalue weighted by Gasteiger charge is 2.24. The number of rotatable bonds is 8. The number of aryl methyl sites for hydroxylation is 1. The van der Waals surface area contributed by atoms with Gasteiger partial charge in [0.2, 0.25) is 10.0 Å². The van der Waals surface area contributed by atoms with Crippen LogP contribution >= 0.6 is 0 Å². The summed E-state index contributed by atoms with van der Waals surface area (Å²) in [6, 6.07) is 1.15. The highest BCUT2D eigenvalue weighted by molar-refractivity contribution is 7.89. The average Bonchev–Trinajstić information content (AvgIpc) is 2.82. The average molecular weight is 318 g/mol. The van der Waals surface area contributed by atoms with E-state index in [1.807, 2.05) is 13.8 Å². The lowest BCUT2D eigenvalue weighted by Gasteiger charge is -2.23. The Morgan fingerprint density at radius 1 is 1.43 bits per heavy atom. The standard InChI is InChI=1S/C13H22N2O5S/c1-4-15-8-10(7-11(15)12(17)18)21(19,20)14-9-13(2,3)5-6-16/h7-8,14,16H,4-6,9H2,1-3H3,(H,17,18). The van der Waals surface area contributed by atoms with E-state index in [0.29, 0.717) is 13.0 Å². The van der Waals surface area contributed by atoms with Crippen molar-refractivity contribution in [2.75, 3.05) is 13.2 Å². The van der Waals surface area contributed by atoms with Crippen molar-refractivity contribution in [1.82, 2.24) is 9.29 Å². The topological polar surface area (TPSA) is 109 Å². The number of nitrogens with zero attached hydrogens (tertiary/aromatic N) is 1. The molecule has 0 atom stereocenters. The molecule has 0 aliphatic carbocycles. The van der Waals surface area contributed by atoms with Crippen LogP contribution in [0.5, 0.6) is 0 Å². The van der Waals surface area contributed by atoms with Crippen molar-refractivity contribution in [1.29, 1.82) is 0 Å². The summed E-state index contributed by atoms with van der Waals surface area (Å²) in [5.41, 5.74) is -0.447. The third-order valence-electron chi connectivity index (χ3n) is 3.27. The van der Waals surface area contributed by atoms with Crippen LogP contribution in [0.25, 0.3) is 0 Å². The van der Waals surface area contributed by atoms with Gasteiger partial charge < -0.3 is 14.8 Å². The molecule has 0 fully saturated rings. The van der Waals surface area contributed by atoms with E-state index < -0.39 is 16.0 Å². The Labute approximate surface area is 124 Å². The summed E-state index contributed by atoms with van der Waals surface area (Å²) in [6.45, 7) is 5.92. The van der Waals surface area contributed by atoms with Crippen molar-refractivity contribution in [3.05, 3.63) is 18.0 Å². The first-order valence-corrected chi connectivity index (χ1v) is 8.15. The fourth-order valence-corrected chi connectivity index (χ4v) is 3.12. The van der Waals surface area contributed by atoms with Gasteiger partial charge in [-0.1, -0.05) is 13.8 Å². The summed E-state index contributed by atoms with van der Waals surface area (Å²) < 4.78 is 28.2. The van der Waals surface area contributed by atoms with Gasteiger partial charge in [0, 0.05) is 25.9 Å². The third kappa shape index (κ3) is 4.55. The summed E-state index contributed by atoms with van der Waals surface area (Å²) in [5.74, 6) is -1.17. The molecule has 21 heavy (non-hydrogen) atoms. The normalized spacial score (nSPS) is 12.6. The molecule has 0 bridgehead atoms. The molecule has 7 nitrogen and oxygen atoms in total. The third-order valence-corrected chi connectivity index (χ3v) is 4.64. The van der Waals surface area contributed by atoms with Gasteiger partial charge >= 0.3 is 5.97 Å². The van der Waals surface area contributed by atoms with E-state index in [9.17, 15) is 13.2 Å². The van der Waals surface area contributed by atoms with E-state index in [-0.39, 0.29) is 29.2 Å². The van der Waals surface area contributed by atoms with Crippen LogP contribution in [0.1, 0.15) is 37.7 Å². The van der Waals surface area contributed by atoms with Gasteiger partial charge in [-0.2, -0.15) is 0 Å². The molecule has 0 amide bonds. The molecule has 1 aromatic rings. The Morgan fingerprint density at radius 2 is 2.05 bits per heavy atom. The maximum atomic E-state index is 12.2. The molecule has 1 aromatic heterocycles. The van der Waals surface area contributed by atoms with Crippen molar-refractivity contribution < 1.29 is 23.4 Å². The Kier molecular flexibility index (Phi) is 5.54. The lowest BCUT2D eigenvalue weighted by Crippen LogP contribution is -2.34. The van der Waals surface area contributed by atoms with E-state index >= 15 is 0 Å². The van der Waals surface area contributed by atoms with Gasteiger partial charge in [-0.3, -0.25) is 0 Å². The van der Waals surface area contributed by atoms with Gasteiger partial charge in [0.05, 0.1) is 0 Å². The second kappa shape index (κ2) is 6.59. The zero-order chi connectivity index (χ0) is 16.3. The zero-order valence-electron chi connectivity index (χ0n) is 12.5. The van der Waals surface area contributed by atoms with Crippen LogP contribution in [0.15, 0.2) is 17.2 Å². The van der Waals surface area contributed by atoms with Crippen LogP contribution in [0.4, 0.5) is 0 Å². The largest absolute Gasteiger partial charge is 0.477 e. The summed E-state index contributed by atoms with van der Waals surface area (Å²) in [6.07, 6.45) is 1.77. The molecule has 120 valence electrons. The minimum Gasteiger partial charge on any atom is -0.477 e. The molecule has 1 heterocycles. The Hall–Kier alpha value is -1.38. The number of carbonyl (C=O) groups is 1. The Bertz CT molecular complexity index is 604. The SMILES string of the molecule is CCn1cc(S(=O)(=O)NCC(C)(C)CCO)cc1C(=O)O. The molecule has 0 saturated heterocycles. The molecule has 3 N–H and O–H groups in total. The second-order valence-electron chi connectivity index (χ2n) is 5.61. The molecule has 0 aliphatic rings. The van der Waals surface area contributed by atoms with Crippen LogP contribution in [-0.2, 0) is 16.6 Å². The summed E-state index contributed by atoms with van der Waals surface area (Å²) in [7, 11) is -3.77. The lowest BCUT2D eigenvalue weighted by atomic mass is 9.90. The predicted octanol–water partition coefficient (Wildman–Crippen LogP) is 0.893. The van der Waals surface area contributed by atoms with E-state index in [4.69, 9.17) is 10.2 Å². The molecule has 0 unspecified atom stereocenters. The van der Waals surface area contributed by atoms with Gasteiger partial charge in [-0.25, -0.2) is 17.9 Å². The van der Waals surface area contributed by atoms with Crippen LogP contribution in [0, 0.1) is 5.41 Å². The van der Waals surface area contributed by atoms with Crippen molar-refractivity contribution in [3.63, 3.8) is 0 Å². The predicted molar refractivity (Wildman–Crippen MR) is 77.7 cm³/mol. The van der Waals surface area contributed by atoms with E-state index in [2.05, 4.69) is 4.72 Å². The molecular formula is C13H22N2O5S. The first kappa shape index (κ1) is 17.7. The molecule has 0 aromatic carbocycles. The number of sulfonamides is 1. The molecule has 0 saturated carbocycles. The lowest BCUT2D eigenvalue weighted by molar-refractivity contribution is 0.0685. The van der Waals surface area contributed by atoms with E-state index in [0.717, 1.165) is 6.07 Å². The molecule has 0 radical (unpaired) electrons. The maximum absolute atomic E-state index is 12.2. The minimum atomic E-state index is -3.77. The van der Waals surface area contributed by atoms with Crippen molar-refractivity contribution in [2.24, 2.45) is 5.41 Å². The smallest absolute Gasteiger partial charge is 0.352 e. The highest BCUT2D eigenvalue weighted by atomic mass is 32.2. The number of hydrogen-bond donors (Lipinski definition) is 3. The van der Waals surface area contributed by atoms with Gasteiger partial charge in [0.25, 0.3) is 0 Å². The van der Waals surface area contributed by atoms with Crippen molar-refractivity contribution in [3.8, 4) is 0 Å². The molecule has 1 rings (SSSR count). The van der Waals surface area contributed by atoms with Gasteiger partial charge in [0.1, 0.15) is 10.6 Å². The number of aliphatic hydroxyl groups is 1. The van der Waals surface area contributed by atoms with Gasteiger partial charge in [0.15, 0.2) is 0 Å². The van der Waals surface area contributed by atoms with Gasteiger partial charge in [-0.15, -0.1) is 0 Å². The number of carboxylic acids is 1. The van der Waals surface area contributed by atoms with Crippen LogP contribution in [0.3, 0.4) is 0 Å². The highest BCUT2D eigenvalue weighted by Crippen LogP contribution is 2.20. The summed E-state index contributed by atoms with van der Waals surface area (Å²) >= 11 is 0. The fraction of sp³-hybridized carbons (Fsp3) is 0.615. The first-order chi connectivity index (χ1) is 9.63. The van der Waals surface area contributed by atoms with E-state index in [1.165, 1.54) is 10.8 Å². The van der Waals surface area contributed by atoms with Crippen molar-refractivity contribution in [2.45, 2.75) is 38.6 Å². The molecule has 8 heteroatoms. The van der Waals surface area contributed by atoms with Crippen LogP contribution in [-0.4, -0.2) is 42.3 Å². The second-order valence-corrected chi connectivity index (χ2v) is 7.38. The van der Waals surface area contributed by atoms with Crippen LogP contribution < -0.4 is 4.72 Å². The molecule has 0 spiro atoms. The number of aromatic nitrogens is 1. The Balaban J connectivity index is 2.96. The molecular weight excluding hydrogens is 296 g/mol. The molecule has 0 aliphatic heterocycles. The summed E-state index contributed by atoms with van der Waals surface area (Å²) in [5, 5.41) is 18.0. The zero-order valence-corrected chi connectivity index (χ0v) is 13.3. The monoisotopic (exact) mass is 318 g/mol. The minimum absolute atomic E-state index is 0.0237. The van der Waals surface area contributed by atoms with E-state index in [1.54, 1.807) is 6.92 Å². The summed E-state index contributed by atoms with van der Waals surface area (Å²) in [4.78, 5) is 11.0. The number of aliphatic hydroxyl groups excluding tert-OH is 1. The first-order valence-electron chi connectivity index (χ1n) is 6.67. The number of nitrogens with one attached hydrogen (secondary N) is 1. The maximum Gasteiger partial charge on any atom is 0.352 e.